The van der Waals surface area contributed by atoms with E-state index < -0.39 is 121 Å². The van der Waals surface area contributed by atoms with Crippen molar-refractivity contribution in [1.82, 2.24) is 39.8 Å². The van der Waals surface area contributed by atoms with Gasteiger partial charge in [0.25, 0.3) is 11.8 Å². The molecule has 0 unspecified atom stereocenters. The number of amides is 6. The summed E-state index contributed by atoms with van der Waals surface area (Å²) >= 11 is 0. The third kappa shape index (κ3) is 23.0. The third-order valence-corrected chi connectivity index (χ3v) is 19.4. The van der Waals surface area contributed by atoms with E-state index >= 15 is 0 Å². The van der Waals surface area contributed by atoms with Gasteiger partial charge in [-0.25, -0.2) is 35.6 Å². The number of hydrogen-bond donors (Lipinski definition) is 8. The van der Waals surface area contributed by atoms with Crippen molar-refractivity contribution in [2.75, 3.05) is 36.8 Å². The van der Waals surface area contributed by atoms with Crippen LogP contribution in [0, 0.1) is 23.5 Å². The number of nitrogens with one attached hydrogen (secondary N) is 6. The number of aromatic nitrogens is 2. The van der Waals surface area contributed by atoms with Crippen LogP contribution in [-0.2, 0) is 61.7 Å². The largest absolute Gasteiger partial charge is 0.390 e. The molecule has 6 aromatic carbocycles. The standard InChI is InChI=1S/2C37H42FN5O7S/c1-23(2)21-43(51(49,50)28-15-16-29(38)32(20-28)39-25(4)45)22-35(46)33(19-26-10-6-5-7-11-26)41-37(48)34(18-24(3)44)42-36(47)31-17-14-27-12-8-9-13-30(27)40-31;1-23(2)21-43(51(49,50)28-15-17-31(29(38)20-28)39-25(4)45)22-35(46)33(19-26-10-6-5-7-11-26)41-37(48)34(18-24(3)44)42-36(47)32-16-14-27-12-8-9-13-30(27)40-32/h2*5-17,20,23,33-35,46H,18-19,21-22H2,1-4H3,(H,39,45)(H,41,48)(H,42,47)/t2*33-,34-,35-/m00/s1. The Bertz CT molecular complexity index is 4560. The van der Waals surface area contributed by atoms with E-state index in [0.29, 0.717) is 22.2 Å². The number of rotatable bonds is 32. The molecule has 6 atom stereocenters. The highest BCUT2D eigenvalue weighted by molar-refractivity contribution is 7.89. The maximum atomic E-state index is 14.8. The van der Waals surface area contributed by atoms with Gasteiger partial charge in [-0.15, -0.1) is 0 Å². The fraction of sp³-hybridized carbons (Fsp3) is 0.324. The number of aliphatic hydroxyl groups excluding tert-OH is 2. The van der Waals surface area contributed by atoms with Gasteiger partial charge in [0, 0.05) is 63.6 Å². The second-order valence-corrected chi connectivity index (χ2v) is 29.3. The molecule has 0 saturated carbocycles. The number of anilines is 2. The number of nitrogens with zero attached hydrogens (tertiary/aromatic N) is 4. The Labute approximate surface area is 591 Å². The van der Waals surface area contributed by atoms with Gasteiger partial charge in [-0.05, 0) is 110 Å². The normalized spacial score (nSPS) is 13.4. The number of pyridine rings is 2. The molecule has 6 amide bonds. The maximum Gasteiger partial charge on any atom is 0.270 e. The Morgan fingerprint density at radius 3 is 1.22 bits per heavy atom. The first kappa shape index (κ1) is 79.2. The van der Waals surface area contributed by atoms with E-state index in [9.17, 15) is 74.2 Å². The van der Waals surface area contributed by atoms with Crippen molar-refractivity contribution in [3.63, 3.8) is 0 Å². The van der Waals surface area contributed by atoms with Gasteiger partial charge >= 0.3 is 0 Å². The molecule has 8 rings (SSSR count). The number of halogens is 2. The minimum Gasteiger partial charge on any atom is -0.390 e. The summed E-state index contributed by atoms with van der Waals surface area (Å²) in [6, 6.07) is 39.8. The lowest BCUT2D eigenvalue weighted by molar-refractivity contribution is -0.127. The number of carbonyl (C=O) groups is 8. The van der Waals surface area contributed by atoms with Crippen molar-refractivity contribution >= 4 is 100 Å². The fourth-order valence-corrected chi connectivity index (χ4v) is 14.2. The van der Waals surface area contributed by atoms with Crippen LogP contribution in [-0.4, -0.2) is 155 Å². The number of carbonyl (C=O) groups excluding carboxylic acids is 8. The molecule has 102 heavy (non-hydrogen) atoms. The molecular weight excluding hydrogens is 1350 g/mol. The van der Waals surface area contributed by atoms with Crippen molar-refractivity contribution in [2.45, 2.75) is 127 Å². The molecule has 0 aliphatic carbocycles. The van der Waals surface area contributed by atoms with E-state index in [-0.39, 0.29) is 89.8 Å². The van der Waals surface area contributed by atoms with E-state index in [1.165, 1.54) is 32.9 Å². The minimum absolute atomic E-state index is 0.0343. The molecule has 0 bridgehead atoms. The van der Waals surface area contributed by atoms with Crippen molar-refractivity contribution in [3.8, 4) is 0 Å². The van der Waals surface area contributed by atoms with Crippen LogP contribution in [0.25, 0.3) is 21.8 Å². The summed E-state index contributed by atoms with van der Waals surface area (Å²) < 4.78 is 86.8. The number of ketones is 2. The first-order chi connectivity index (χ1) is 48.3. The molecule has 540 valence electrons. The zero-order valence-corrected chi connectivity index (χ0v) is 59.2. The SMILES string of the molecule is CC(=O)C[C@H](NC(=O)c1ccc2ccccc2n1)C(=O)N[C@@H](Cc1ccccc1)[C@@H](O)CN(CC(C)C)S(=O)(=O)c1ccc(F)c(NC(C)=O)c1.CC(=O)C[C@H](NC(=O)c1ccc2ccccc2n1)C(=O)N[C@@H](Cc1ccccc1)[C@@H](O)CN(CC(C)C)S(=O)(=O)c1ccc(NC(C)=O)c(F)c1. The first-order valence-electron chi connectivity index (χ1n) is 32.8. The summed E-state index contributed by atoms with van der Waals surface area (Å²) in [6.45, 7) is 11.0. The average Bonchev–Trinajstić information content (AvgIpc) is 0.801. The third-order valence-electron chi connectivity index (χ3n) is 15.8. The number of Topliss-reactive ketones (excluding diaryl/α,β-unsaturated/α-hetero) is 2. The lowest BCUT2D eigenvalue weighted by Crippen LogP contribution is -2.56. The molecule has 0 radical (unpaired) electrons. The van der Waals surface area contributed by atoms with Gasteiger partial charge in [0.05, 0.1) is 56.5 Å². The second kappa shape index (κ2) is 36.5. The number of aliphatic hydroxyl groups is 2. The number of fused-ring (bicyclic) bond motifs is 2. The Morgan fingerprint density at radius 1 is 0.441 bits per heavy atom. The molecule has 28 heteroatoms. The number of sulfonamides is 2. The monoisotopic (exact) mass is 1440 g/mol. The lowest BCUT2D eigenvalue weighted by Gasteiger charge is -2.31. The van der Waals surface area contributed by atoms with E-state index in [0.717, 1.165) is 62.7 Å². The number of benzene rings is 6. The fourth-order valence-electron chi connectivity index (χ4n) is 10.9. The summed E-state index contributed by atoms with van der Waals surface area (Å²) in [4.78, 5) is 110. The first-order valence-corrected chi connectivity index (χ1v) is 35.7. The average molecular weight is 1440 g/mol. The second-order valence-electron chi connectivity index (χ2n) is 25.5. The van der Waals surface area contributed by atoms with Gasteiger partial charge in [0.1, 0.15) is 46.7 Å². The highest BCUT2D eigenvalue weighted by atomic mass is 32.2. The Kier molecular flexibility index (Phi) is 28.3. The van der Waals surface area contributed by atoms with Gasteiger partial charge < -0.3 is 42.1 Å². The Hall–Kier alpha value is -10.1. The summed E-state index contributed by atoms with van der Waals surface area (Å²) in [6.07, 6.45) is -3.56. The van der Waals surface area contributed by atoms with Crippen molar-refractivity contribution < 1.29 is 74.2 Å². The van der Waals surface area contributed by atoms with Crippen LogP contribution < -0.4 is 31.9 Å². The predicted molar refractivity (Wildman–Crippen MR) is 381 cm³/mol. The molecular formula is C74H84F2N10O14S2. The predicted octanol–water partition coefficient (Wildman–Crippen LogP) is 7.69. The summed E-state index contributed by atoms with van der Waals surface area (Å²) in [5.41, 5.74) is 2.12. The molecule has 2 heterocycles. The van der Waals surface area contributed by atoms with Crippen LogP contribution in [0.3, 0.4) is 0 Å². The Morgan fingerprint density at radius 2 is 0.824 bits per heavy atom. The van der Waals surface area contributed by atoms with Gasteiger partial charge in [0.2, 0.25) is 43.7 Å². The van der Waals surface area contributed by atoms with Crippen LogP contribution in [0.2, 0.25) is 0 Å². The van der Waals surface area contributed by atoms with Crippen LogP contribution in [0.15, 0.2) is 180 Å². The zero-order valence-electron chi connectivity index (χ0n) is 57.6. The summed E-state index contributed by atoms with van der Waals surface area (Å²) in [5, 5.41) is 40.1. The summed E-state index contributed by atoms with van der Waals surface area (Å²) in [7, 11) is -8.75. The van der Waals surface area contributed by atoms with Crippen molar-refractivity contribution in [2.24, 2.45) is 11.8 Å². The lowest BCUT2D eigenvalue weighted by atomic mass is 9.99. The molecule has 8 aromatic rings. The number of para-hydroxylation sites is 2. The maximum absolute atomic E-state index is 14.8. The van der Waals surface area contributed by atoms with Gasteiger partial charge in [-0.2, -0.15) is 8.61 Å². The molecule has 0 aliphatic heterocycles. The van der Waals surface area contributed by atoms with Gasteiger partial charge in [-0.1, -0.05) is 137 Å². The van der Waals surface area contributed by atoms with Crippen LogP contribution in [0.1, 0.15) is 100 Å². The molecule has 2 aromatic heterocycles. The molecule has 24 nitrogen and oxygen atoms in total. The van der Waals surface area contributed by atoms with E-state index in [2.05, 4.69) is 41.9 Å². The van der Waals surface area contributed by atoms with E-state index in [4.69, 9.17) is 0 Å². The van der Waals surface area contributed by atoms with Crippen LogP contribution in [0.5, 0.6) is 0 Å². The van der Waals surface area contributed by atoms with Gasteiger partial charge in [0.15, 0.2) is 0 Å². The quantitative estimate of drug-likeness (QED) is 0.0200. The highest BCUT2D eigenvalue weighted by Crippen LogP contribution is 2.27. The topological polar surface area (TPSA) is 350 Å². The molecule has 0 spiro atoms. The zero-order chi connectivity index (χ0) is 74.6. The Balaban J connectivity index is 0.000000286. The molecule has 0 saturated heterocycles. The highest BCUT2D eigenvalue weighted by Gasteiger charge is 2.36. The van der Waals surface area contributed by atoms with Gasteiger partial charge in [-0.3, -0.25) is 38.4 Å². The molecule has 0 aliphatic rings. The van der Waals surface area contributed by atoms with Crippen LogP contribution in [0.4, 0.5) is 20.2 Å². The molecule has 8 N–H and O–H groups in total. The van der Waals surface area contributed by atoms with E-state index in [1.807, 2.05) is 24.3 Å². The smallest absolute Gasteiger partial charge is 0.270 e. The number of hydrogen-bond acceptors (Lipinski definition) is 16. The van der Waals surface area contributed by atoms with Crippen LogP contribution >= 0.6 is 0 Å². The summed E-state index contributed by atoms with van der Waals surface area (Å²) in [5.74, 6) is -6.99. The van der Waals surface area contributed by atoms with E-state index in [1.54, 1.807) is 125 Å². The van der Waals surface area contributed by atoms with Crippen molar-refractivity contribution in [3.05, 3.63) is 204 Å². The van der Waals surface area contributed by atoms with Crippen molar-refractivity contribution in [1.29, 1.82) is 0 Å². The molecule has 0 fully saturated rings. The minimum atomic E-state index is -4.39.